The van der Waals surface area contributed by atoms with Crippen LogP contribution in [-0.2, 0) is 12.0 Å². The number of aryl methyl sites for hydroxylation is 1. The fraction of sp³-hybridized carbons (Fsp3) is 0.294. The lowest BCUT2D eigenvalue weighted by Crippen LogP contribution is -2.37. The maximum Gasteiger partial charge on any atom is 0.128 e. The van der Waals surface area contributed by atoms with E-state index in [1.165, 1.54) is 11.6 Å². The number of benzene rings is 2. The standard InChI is InChI=1S/C17H20FN/c1-2-17(19,15-10-6-7-11-16(15)18)13-12-14-8-4-3-5-9-14/h3-11H,2,12-13,19H2,1H3. The molecular formula is C17H20FN. The van der Waals surface area contributed by atoms with Crippen molar-refractivity contribution >= 4 is 0 Å². The Bertz CT molecular complexity index is 524. The zero-order valence-electron chi connectivity index (χ0n) is 11.3. The minimum atomic E-state index is -0.596. The zero-order valence-corrected chi connectivity index (χ0v) is 11.3. The monoisotopic (exact) mass is 257 g/mol. The summed E-state index contributed by atoms with van der Waals surface area (Å²) < 4.78 is 13.9. The van der Waals surface area contributed by atoms with Gasteiger partial charge in [-0.3, -0.25) is 0 Å². The number of hydrogen-bond acceptors (Lipinski definition) is 1. The maximum atomic E-state index is 13.9. The number of halogens is 1. The molecule has 100 valence electrons. The van der Waals surface area contributed by atoms with E-state index in [1.54, 1.807) is 12.1 Å². The number of nitrogens with two attached hydrogens (primary N) is 1. The molecule has 0 fully saturated rings. The molecule has 19 heavy (non-hydrogen) atoms. The SMILES string of the molecule is CCC(N)(CCc1ccccc1)c1ccccc1F. The third kappa shape index (κ3) is 3.21. The highest BCUT2D eigenvalue weighted by atomic mass is 19.1. The molecule has 1 unspecified atom stereocenters. The minimum Gasteiger partial charge on any atom is -0.321 e. The van der Waals surface area contributed by atoms with Crippen LogP contribution >= 0.6 is 0 Å². The number of hydrogen-bond donors (Lipinski definition) is 1. The smallest absolute Gasteiger partial charge is 0.128 e. The lowest BCUT2D eigenvalue weighted by molar-refractivity contribution is 0.376. The molecule has 0 saturated heterocycles. The first-order valence-electron chi connectivity index (χ1n) is 6.73. The topological polar surface area (TPSA) is 26.0 Å². The van der Waals surface area contributed by atoms with E-state index >= 15 is 0 Å². The summed E-state index contributed by atoms with van der Waals surface area (Å²) in [5.41, 5.74) is 7.69. The lowest BCUT2D eigenvalue weighted by atomic mass is 9.82. The second kappa shape index (κ2) is 5.98. The summed E-state index contributed by atoms with van der Waals surface area (Å²) in [7, 11) is 0. The van der Waals surface area contributed by atoms with E-state index in [2.05, 4.69) is 12.1 Å². The Morgan fingerprint density at radius 3 is 2.26 bits per heavy atom. The van der Waals surface area contributed by atoms with Crippen molar-refractivity contribution in [3.05, 3.63) is 71.5 Å². The lowest BCUT2D eigenvalue weighted by Gasteiger charge is -2.29. The van der Waals surface area contributed by atoms with Crippen LogP contribution < -0.4 is 5.73 Å². The van der Waals surface area contributed by atoms with Crippen molar-refractivity contribution in [3.8, 4) is 0 Å². The van der Waals surface area contributed by atoms with Crippen LogP contribution in [0.5, 0.6) is 0 Å². The van der Waals surface area contributed by atoms with Gasteiger partial charge in [0.15, 0.2) is 0 Å². The summed E-state index contributed by atoms with van der Waals surface area (Å²) >= 11 is 0. The molecule has 0 saturated carbocycles. The van der Waals surface area contributed by atoms with Crippen molar-refractivity contribution < 1.29 is 4.39 Å². The van der Waals surface area contributed by atoms with Crippen LogP contribution in [0.4, 0.5) is 4.39 Å². The van der Waals surface area contributed by atoms with Crippen molar-refractivity contribution in [2.75, 3.05) is 0 Å². The first kappa shape index (κ1) is 13.8. The Balaban J connectivity index is 2.17. The predicted octanol–water partition coefficient (Wildman–Crippen LogP) is 4.02. The molecule has 2 aromatic carbocycles. The van der Waals surface area contributed by atoms with Crippen LogP contribution in [0.25, 0.3) is 0 Å². The molecule has 0 radical (unpaired) electrons. The highest BCUT2D eigenvalue weighted by molar-refractivity contribution is 5.26. The van der Waals surface area contributed by atoms with E-state index in [1.807, 2.05) is 31.2 Å². The minimum absolute atomic E-state index is 0.208. The second-order valence-corrected chi connectivity index (χ2v) is 4.98. The first-order chi connectivity index (χ1) is 9.15. The van der Waals surface area contributed by atoms with Gasteiger partial charge in [0, 0.05) is 11.1 Å². The Kier molecular flexibility index (Phi) is 4.33. The Hall–Kier alpha value is -1.67. The molecule has 1 atom stereocenters. The van der Waals surface area contributed by atoms with Crippen LogP contribution in [0.1, 0.15) is 30.9 Å². The zero-order chi connectivity index (χ0) is 13.7. The molecule has 1 nitrogen and oxygen atoms in total. The van der Waals surface area contributed by atoms with Gasteiger partial charge >= 0.3 is 0 Å². The second-order valence-electron chi connectivity index (χ2n) is 4.98. The van der Waals surface area contributed by atoms with Crippen molar-refractivity contribution in [1.29, 1.82) is 0 Å². The quantitative estimate of drug-likeness (QED) is 0.860. The van der Waals surface area contributed by atoms with Gasteiger partial charge in [-0.1, -0.05) is 55.5 Å². The van der Waals surface area contributed by atoms with Gasteiger partial charge in [-0.05, 0) is 30.9 Å². The Morgan fingerprint density at radius 1 is 1.00 bits per heavy atom. The van der Waals surface area contributed by atoms with Crippen molar-refractivity contribution in [3.63, 3.8) is 0 Å². The third-order valence-corrected chi connectivity index (χ3v) is 3.74. The van der Waals surface area contributed by atoms with E-state index < -0.39 is 5.54 Å². The van der Waals surface area contributed by atoms with Crippen molar-refractivity contribution in [1.82, 2.24) is 0 Å². The average molecular weight is 257 g/mol. The van der Waals surface area contributed by atoms with Gasteiger partial charge in [0.2, 0.25) is 0 Å². The maximum absolute atomic E-state index is 13.9. The van der Waals surface area contributed by atoms with Gasteiger partial charge in [-0.2, -0.15) is 0 Å². The van der Waals surface area contributed by atoms with Gasteiger partial charge in [-0.15, -0.1) is 0 Å². The summed E-state index contributed by atoms with van der Waals surface area (Å²) in [6.45, 7) is 2.01. The third-order valence-electron chi connectivity index (χ3n) is 3.74. The summed E-state index contributed by atoms with van der Waals surface area (Å²) in [5.74, 6) is -0.208. The summed E-state index contributed by atoms with van der Waals surface area (Å²) in [6, 6.07) is 17.0. The molecule has 2 N–H and O–H groups in total. The van der Waals surface area contributed by atoms with Crippen molar-refractivity contribution in [2.24, 2.45) is 5.73 Å². The summed E-state index contributed by atoms with van der Waals surface area (Å²) in [5, 5.41) is 0. The largest absolute Gasteiger partial charge is 0.321 e. The molecule has 0 spiro atoms. The van der Waals surface area contributed by atoms with E-state index in [9.17, 15) is 4.39 Å². The molecule has 0 heterocycles. The Morgan fingerprint density at radius 2 is 1.63 bits per heavy atom. The van der Waals surface area contributed by atoms with Gasteiger partial charge in [0.1, 0.15) is 5.82 Å². The first-order valence-corrected chi connectivity index (χ1v) is 6.73. The predicted molar refractivity (Wildman–Crippen MR) is 77.3 cm³/mol. The van der Waals surface area contributed by atoms with Gasteiger partial charge in [-0.25, -0.2) is 4.39 Å². The van der Waals surface area contributed by atoms with Crippen LogP contribution in [0.2, 0.25) is 0 Å². The Labute approximate surface area is 114 Å². The number of rotatable bonds is 5. The van der Waals surface area contributed by atoms with E-state index in [0.717, 1.165) is 19.3 Å². The molecule has 0 amide bonds. The van der Waals surface area contributed by atoms with Crippen LogP contribution in [0.3, 0.4) is 0 Å². The van der Waals surface area contributed by atoms with Crippen LogP contribution in [0.15, 0.2) is 54.6 Å². The fourth-order valence-electron chi connectivity index (χ4n) is 2.38. The van der Waals surface area contributed by atoms with Crippen molar-refractivity contribution in [2.45, 2.75) is 31.7 Å². The highest BCUT2D eigenvalue weighted by Crippen LogP contribution is 2.29. The average Bonchev–Trinajstić information content (AvgIpc) is 2.46. The van der Waals surface area contributed by atoms with Gasteiger partial charge in [0.25, 0.3) is 0 Å². The normalized spacial score (nSPS) is 14.1. The molecular weight excluding hydrogens is 237 g/mol. The molecule has 2 rings (SSSR count). The van der Waals surface area contributed by atoms with Gasteiger partial charge in [0.05, 0.1) is 0 Å². The van der Waals surface area contributed by atoms with Gasteiger partial charge < -0.3 is 5.73 Å². The molecule has 0 aliphatic heterocycles. The summed E-state index contributed by atoms with van der Waals surface area (Å²) in [6.07, 6.45) is 2.33. The molecule has 0 aromatic heterocycles. The molecule has 2 aromatic rings. The van der Waals surface area contributed by atoms with E-state index in [-0.39, 0.29) is 5.82 Å². The molecule has 0 bridgehead atoms. The highest BCUT2D eigenvalue weighted by Gasteiger charge is 2.27. The summed E-state index contributed by atoms with van der Waals surface area (Å²) in [4.78, 5) is 0. The fourth-order valence-corrected chi connectivity index (χ4v) is 2.38. The molecule has 2 heteroatoms. The van der Waals surface area contributed by atoms with Crippen LogP contribution in [0, 0.1) is 5.82 Å². The van der Waals surface area contributed by atoms with E-state index in [4.69, 9.17) is 5.73 Å². The molecule has 0 aliphatic rings. The molecule has 0 aliphatic carbocycles. The van der Waals surface area contributed by atoms with E-state index in [0.29, 0.717) is 5.56 Å². The van der Waals surface area contributed by atoms with Crippen LogP contribution in [-0.4, -0.2) is 0 Å².